The summed E-state index contributed by atoms with van der Waals surface area (Å²) >= 11 is 12.2. The molecule has 1 fully saturated rings. The van der Waals surface area contributed by atoms with Gasteiger partial charge in [0.15, 0.2) is 4.32 Å². The van der Waals surface area contributed by atoms with Crippen LogP contribution in [-0.2, 0) is 4.79 Å². The molecule has 1 aliphatic rings. The van der Waals surface area contributed by atoms with E-state index in [0.29, 0.717) is 22.1 Å². The number of hydrogen-bond acceptors (Lipinski definition) is 5. The first-order valence-corrected chi connectivity index (χ1v) is 11.2. The van der Waals surface area contributed by atoms with Gasteiger partial charge in [-0.25, -0.2) is 0 Å². The molecule has 2 amide bonds. The molecule has 2 aromatic rings. The molecule has 30 heavy (non-hydrogen) atoms. The average molecular weight is 461 g/mol. The predicted molar refractivity (Wildman–Crippen MR) is 125 cm³/mol. The smallest absolute Gasteiger partial charge is 0.285 e. The zero-order chi connectivity index (χ0) is 21.5. The van der Waals surface area contributed by atoms with Gasteiger partial charge in [0, 0.05) is 10.6 Å². The maximum atomic E-state index is 12.7. The van der Waals surface area contributed by atoms with Gasteiger partial charge in [0.05, 0.1) is 11.5 Å². The monoisotopic (exact) mass is 460 g/mol. The van der Waals surface area contributed by atoms with Crippen LogP contribution in [0.1, 0.15) is 42.1 Å². The van der Waals surface area contributed by atoms with Crippen molar-refractivity contribution in [1.82, 2.24) is 10.4 Å². The van der Waals surface area contributed by atoms with Crippen LogP contribution in [0.25, 0.3) is 6.08 Å². The van der Waals surface area contributed by atoms with E-state index in [4.69, 9.17) is 28.6 Å². The number of amides is 2. The summed E-state index contributed by atoms with van der Waals surface area (Å²) in [6, 6.07) is 13.9. The lowest BCUT2D eigenvalue weighted by atomic mass is 10.2. The van der Waals surface area contributed by atoms with Gasteiger partial charge < -0.3 is 4.74 Å². The second kappa shape index (κ2) is 10.6. The van der Waals surface area contributed by atoms with E-state index in [-0.39, 0.29) is 10.2 Å². The van der Waals surface area contributed by atoms with Crippen molar-refractivity contribution in [3.05, 3.63) is 69.6 Å². The number of carbonyl (C=O) groups is 2. The van der Waals surface area contributed by atoms with Crippen molar-refractivity contribution in [3.63, 3.8) is 0 Å². The number of carbonyl (C=O) groups excluding carboxylic acids is 2. The summed E-state index contributed by atoms with van der Waals surface area (Å²) < 4.78 is 5.97. The van der Waals surface area contributed by atoms with E-state index in [1.54, 1.807) is 30.3 Å². The van der Waals surface area contributed by atoms with Crippen LogP contribution in [0.3, 0.4) is 0 Å². The fourth-order valence-corrected chi connectivity index (χ4v) is 3.99. The average Bonchev–Trinajstić information content (AvgIpc) is 3.00. The Morgan fingerprint density at radius 2 is 1.87 bits per heavy atom. The molecule has 1 heterocycles. The van der Waals surface area contributed by atoms with Crippen LogP contribution in [0, 0.1) is 0 Å². The number of ether oxygens (including phenoxy) is 1. The Bertz CT molecular complexity index is 959. The fraction of sp³-hybridized carbons (Fsp3) is 0.227. The van der Waals surface area contributed by atoms with E-state index in [0.717, 1.165) is 47.3 Å². The molecule has 156 valence electrons. The molecule has 1 aliphatic heterocycles. The number of nitrogens with zero attached hydrogens (tertiary/aromatic N) is 1. The summed E-state index contributed by atoms with van der Waals surface area (Å²) in [6.45, 7) is 2.85. The number of benzene rings is 2. The van der Waals surface area contributed by atoms with Gasteiger partial charge in [0.2, 0.25) is 0 Å². The molecule has 1 N–H and O–H groups in total. The van der Waals surface area contributed by atoms with Crippen LogP contribution in [0.2, 0.25) is 5.02 Å². The van der Waals surface area contributed by atoms with Crippen molar-refractivity contribution < 1.29 is 14.3 Å². The first kappa shape index (κ1) is 22.3. The summed E-state index contributed by atoms with van der Waals surface area (Å²) in [4.78, 5) is 25.5. The molecule has 8 heteroatoms. The molecule has 0 unspecified atom stereocenters. The van der Waals surface area contributed by atoms with E-state index in [1.165, 1.54) is 0 Å². The van der Waals surface area contributed by atoms with Gasteiger partial charge in [-0.05, 0) is 66.7 Å². The largest absolute Gasteiger partial charge is 0.494 e. The number of nitrogens with one attached hydrogen (secondary N) is 1. The third-order valence-corrected chi connectivity index (χ3v) is 5.86. The van der Waals surface area contributed by atoms with Crippen LogP contribution >= 0.6 is 35.6 Å². The zero-order valence-electron chi connectivity index (χ0n) is 16.4. The lowest BCUT2D eigenvalue weighted by molar-refractivity contribution is -0.123. The molecule has 0 bridgehead atoms. The number of unbranched alkanes of at least 4 members (excludes halogenated alkanes) is 2. The minimum absolute atomic E-state index is 0.268. The molecule has 0 aliphatic carbocycles. The molecule has 5 nitrogen and oxygen atoms in total. The molecule has 0 saturated carbocycles. The fourth-order valence-electron chi connectivity index (χ4n) is 2.69. The van der Waals surface area contributed by atoms with E-state index < -0.39 is 5.91 Å². The van der Waals surface area contributed by atoms with Crippen LogP contribution in [0.5, 0.6) is 5.75 Å². The third-order valence-electron chi connectivity index (χ3n) is 4.31. The molecule has 0 aromatic heterocycles. The van der Waals surface area contributed by atoms with Gasteiger partial charge in [-0.1, -0.05) is 55.3 Å². The number of hydrazine groups is 1. The van der Waals surface area contributed by atoms with Gasteiger partial charge in [0.25, 0.3) is 11.8 Å². The van der Waals surface area contributed by atoms with Gasteiger partial charge in [-0.3, -0.25) is 15.0 Å². The summed E-state index contributed by atoms with van der Waals surface area (Å²) in [7, 11) is 0. The minimum Gasteiger partial charge on any atom is -0.494 e. The number of hydrogen-bond donors (Lipinski definition) is 1. The second-order valence-electron chi connectivity index (χ2n) is 6.59. The first-order valence-electron chi connectivity index (χ1n) is 9.55. The molecular formula is C22H21ClN2O3S2. The van der Waals surface area contributed by atoms with Crippen LogP contribution in [-0.4, -0.2) is 27.8 Å². The summed E-state index contributed by atoms with van der Waals surface area (Å²) in [5, 5.41) is 1.62. The molecule has 0 spiro atoms. The van der Waals surface area contributed by atoms with E-state index in [9.17, 15) is 9.59 Å². The van der Waals surface area contributed by atoms with Crippen molar-refractivity contribution in [2.45, 2.75) is 26.2 Å². The van der Waals surface area contributed by atoms with Gasteiger partial charge in [-0.15, -0.1) is 0 Å². The highest BCUT2D eigenvalue weighted by Gasteiger charge is 2.33. The SMILES string of the molecule is CCCCCOc1ccc(/C=C2\SC(=S)N(NC(=O)c3ccc(Cl)cc3)C2=O)cc1. The summed E-state index contributed by atoms with van der Waals surface area (Å²) in [5.74, 6) is -0.00738. The van der Waals surface area contributed by atoms with E-state index in [2.05, 4.69) is 12.3 Å². The number of thioether (sulfide) groups is 1. The standard InChI is InChI=1S/C22H21ClN2O3S2/c1-2-3-4-13-28-18-11-5-15(6-12-18)14-19-21(27)25(22(29)30-19)24-20(26)16-7-9-17(23)10-8-16/h5-12,14H,2-4,13H2,1H3,(H,24,26)/b19-14-. The maximum Gasteiger partial charge on any atom is 0.285 e. The van der Waals surface area contributed by atoms with Crippen LogP contribution in [0.15, 0.2) is 53.4 Å². The predicted octanol–water partition coefficient (Wildman–Crippen LogP) is 5.46. The minimum atomic E-state index is -0.436. The number of thiocarbonyl (C=S) groups is 1. The summed E-state index contributed by atoms with van der Waals surface area (Å²) in [6.07, 6.45) is 5.08. The third kappa shape index (κ3) is 5.84. The second-order valence-corrected chi connectivity index (χ2v) is 8.70. The Hall–Kier alpha value is -2.35. The van der Waals surface area contributed by atoms with Crippen molar-refractivity contribution >= 4 is 57.8 Å². The lowest BCUT2D eigenvalue weighted by Gasteiger charge is -2.15. The van der Waals surface area contributed by atoms with Gasteiger partial charge in [-0.2, -0.15) is 5.01 Å². The van der Waals surface area contributed by atoms with Crippen LogP contribution in [0.4, 0.5) is 0 Å². The Labute approximate surface area is 190 Å². The molecule has 1 saturated heterocycles. The van der Waals surface area contributed by atoms with Crippen molar-refractivity contribution in [2.24, 2.45) is 0 Å². The quantitative estimate of drug-likeness (QED) is 0.322. The normalized spacial score (nSPS) is 15.0. The Kier molecular flexibility index (Phi) is 7.90. The molecule has 2 aromatic carbocycles. The molecule has 0 atom stereocenters. The molecule has 3 rings (SSSR count). The topological polar surface area (TPSA) is 58.6 Å². The highest BCUT2D eigenvalue weighted by atomic mass is 35.5. The van der Waals surface area contributed by atoms with Crippen LogP contribution < -0.4 is 10.2 Å². The lowest BCUT2D eigenvalue weighted by Crippen LogP contribution is -2.44. The highest BCUT2D eigenvalue weighted by Crippen LogP contribution is 2.31. The van der Waals surface area contributed by atoms with Crippen molar-refractivity contribution in [1.29, 1.82) is 0 Å². The van der Waals surface area contributed by atoms with Crippen molar-refractivity contribution in [3.8, 4) is 5.75 Å². The van der Waals surface area contributed by atoms with Crippen molar-refractivity contribution in [2.75, 3.05) is 6.61 Å². The molecule has 0 radical (unpaired) electrons. The number of halogens is 1. The van der Waals surface area contributed by atoms with Gasteiger partial charge >= 0.3 is 0 Å². The number of rotatable bonds is 8. The van der Waals surface area contributed by atoms with E-state index in [1.807, 2.05) is 24.3 Å². The first-order chi connectivity index (χ1) is 14.5. The van der Waals surface area contributed by atoms with E-state index >= 15 is 0 Å². The zero-order valence-corrected chi connectivity index (χ0v) is 18.8. The Morgan fingerprint density at radius 3 is 2.53 bits per heavy atom. The maximum absolute atomic E-state index is 12.7. The molecular weight excluding hydrogens is 440 g/mol. The Balaban J connectivity index is 1.63. The summed E-state index contributed by atoms with van der Waals surface area (Å²) in [5.41, 5.74) is 3.78. The van der Waals surface area contributed by atoms with Gasteiger partial charge in [0.1, 0.15) is 5.75 Å². The highest BCUT2D eigenvalue weighted by molar-refractivity contribution is 8.26. The Morgan fingerprint density at radius 1 is 1.17 bits per heavy atom.